The Morgan fingerprint density at radius 3 is 3.22 bits per heavy atom. The second-order valence-electron chi connectivity index (χ2n) is 2.74. The molecule has 0 amide bonds. The number of hydrogen-bond acceptors (Lipinski definition) is 1. The molecule has 2 aliphatic rings. The summed E-state index contributed by atoms with van der Waals surface area (Å²) < 4.78 is 10.8. The highest BCUT2D eigenvalue weighted by atomic mass is 16.6. The van der Waals surface area contributed by atoms with Gasteiger partial charge in [0.05, 0.1) is 6.92 Å². The standard InChI is InChI=1S/C7H11O2/c1-5-8-6-3-2-4-7(6)9-5/h6-7H,2-4H2,1H3/q+1/t6-,7+. The van der Waals surface area contributed by atoms with E-state index < -0.39 is 0 Å². The maximum Gasteiger partial charge on any atom is 0.482 e. The summed E-state index contributed by atoms with van der Waals surface area (Å²) in [7, 11) is 0. The van der Waals surface area contributed by atoms with Crippen LogP contribution < -0.4 is 0 Å². The minimum atomic E-state index is 0.394. The van der Waals surface area contributed by atoms with Gasteiger partial charge in [0.15, 0.2) is 0 Å². The van der Waals surface area contributed by atoms with Gasteiger partial charge in [-0.05, 0) is 6.42 Å². The molecule has 2 heteroatoms. The van der Waals surface area contributed by atoms with Gasteiger partial charge in [-0.2, -0.15) is 0 Å². The van der Waals surface area contributed by atoms with Gasteiger partial charge in [-0.1, -0.05) is 0 Å². The predicted molar refractivity (Wildman–Crippen MR) is 33.2 cm³/mol. The van der Waals surface area contributed by atoms with Gasteiger partial charge >= 0.3 is 5.97 Å². The van der Waals surface area contributed by atoms with Gasteiger partial charge in [0.1, 0.15) is 0 Å². The first kappa shape index (κ1) is 5.27. The molecule has 1 fully saturated rings. The van der Waals surface area contributed by atoms with Gasteiger partial charge in [-0.3, -0.25) is 0 Å². The number of hydrogen-bond donors (Lipinski definition) is 0. The average molecular weight is 127 g/mol. The van der Waals surface area contributed by atoms with E-state index in [2.05, 4.69) is 0 Å². The smallest absolute Gasteiger partial charge is 0.312 e. The number of rotatable bonds is 0. The summed E-state index contributed by atoms with van der Waals surface area (Å²) in [6.45, 7) is 1.89. The van der Waals surface area contributed by atoms with Crippen molar-refractivity contribution in [3.8, 4) is 0 Å². The normalized spacial score (nSPS) is 39.9. The third-order valence-corrected chi connectivity index (χ3v) is 2.03. The topological polar surface area (TPSA) is 20.5 Å². The van der Waals surface area contributed by atoms with Crippen molar-refractivity contribution in [2.45, 2.75) is 38.4 Å². The van der Waals surface area contributed by atoms with Gasteiger partial charge in [0.25, 0.3) is 12.2 Å². The Kier molecular flexibility index (Phi) is 1.01. The van der Waals surface area contributed by atoms with Gasteiger partial charge < -0.3 is 9.16 Å². The molecule has 0 unspecified atom stereocenters. The van der Waals surface area contributed by atoms with Gasteiger partial charge in [-0.15, -0.1) is 0 Å². The fraction of sp³-hybridized carbons (Fsp3) is 0.857. The van der Waals surface area contributed by atoms with E-state index in [-0.39, 0.29) is 0 Å². The van der Waals surface area contributed by atoms with Crippen molar-refractivity contribution in [2.75, 3.05) is 0 Å². The Morgan fingerprint density at radius 1 is 1.56 bits per heavy atom. The molecule has 2 atom stereocenters. The quantitative estimate of drug-likeness (QED) is 0.351. The van der Waals surface area contributed by atoms with E-state index in [0.717, 1.165) is 5.97 Å². The predicted octanol–water partition coefficient (Wildman–Crippen LogP) is 1.02. The van der Waals surface area contributed by atoms with E-state index in [4.69, 9.17) is 9.16 Å². The van der Waals surface area contributed by atoms with Crippen molar-refractivity contribution >= 4 is 5.97 Å². The van der Waals surface area contributed by atoms with Crippen LogP contribution in [0, 0.1) is 0 Å². The summed E-state index contributed by atoms with van der Waals surface area (Å²) in [6, 6.07) is 0. The molecule has 1 aliphatic carbocycles. The first-order valence-corrected chi connectivity index (χ1v) is 3.53. The highest BCUT2D eigenvalue weighted by Crippen LogP contribution is 2.26. The summed E-state index contributed by atoms with van der Waals surface area (Å²) in [5, 5.41) is 0. The van der Waals surface area contributed by atoms with Crippen LogP contribution in [0.2, 0.25) is 0 Å². The maximum atomic E-state index is 5.38. The number of carbonyl (C=O) groups excluding carboxylic acids is 1. The molecular weight excluding hydrogens is 116 g/mol. The third kappa shape index (κ3) is 0.732. The summed E-state index contributed by atoms with van der Waals surface area (Å²) in [5.74, 6) is 0.768. The molecule has 1 heterocycles. The minimum absolute atomic E-state index is 0.394. The third-order valence-electron chi connectivity index (χ3n) is 2.03. The SMILES string of the molecule is CC1=[O+][C@@H]2CCC[C@@H]2O1. The number of ether oxygens (including phenoxy) is 1. The first-order chi connectivity index (χ1) is 4.36. The highest BCUT2D eigenvalue weighted by Gasteiger charge is 2.44. The number of fused-ring (bicyclic) bond motifs is 1. The molecule has 0 radical (unpaired) electrons. The van der Waals surface area contributed by atoms with Crippen molar-refractivity contribution in [1.82, 2.24) is 0 Å². The van der Waals surface area contributed by atoms with Gasteiger partial charge in [0.2, 0.25) is 0 Å². The molecule has 0 spiro atoms. The van der Waals surface area contributed by atoms with E-state index in [1.165, 1.54) is 19.3 Å². The van der Waals surface area contributed by atoms with E-state index >= 15 is 0 Å². The lowest BCUT2D eigenvalue weighted by atomic mass is 10.3. The molecule has 0 saturated heterocycles. The largest absolute Gasteiger partial charge is 0.482 e. The monoisotopic (exact) mass is 127 g/mol. The molecule has 50 valence electrons. The van der Waals surface area contributed by atoms with Crippen LogP contribution in [0.4, 0.5) is 0 Å². The summed E-state index contributed by atoms with van der Waals surface area (Å²) in [5.41, 5.74) is 0. The second-order valence-corrected chi connectivity index (χ2v) is 2.74. The van der Waals surface area contributed by atoms with Crippen LogP contribution in [-0.4, -0.2) is 18.2 Å². The fourth-order valence-electron chi connectivity index (χ4n) is 1.62. The van der Waals surface area contributed by atoms with Gasteiger partial charge in [0, 0.05) is 12.8 Å². The van der Waals surface area contributed by atoms with E-state index in [1.54, 1.807) is 0 Å². The molecular formula is C7H11O2+. The molecule has 0 N–H and O–H groups in total. The minimum Gasteiger partial charge on any atom is -0.312 e. The summed E-state index contributed by atoms with van der Waals surface area (Å²) >= 11 is 0. The van der Waals surface area contributed by atoms with Crippen molar-refractivity contribution in [2.24, 2.45) is 0 Å². The van der Waals surface area contributed by atoms with Crippen LogP contribution in [0.15, 0.2) is 0 Å². The van der Waals surface area contributed by atoms with Crippen LogP contribution >= 0.6 is 0 Å². The zero-order valence-electron chi connectivity index (χ0n) is 5.59. The average Bonchev–Trinajstić information content (AvgIpc) is 2.22. The first-order valence-electron chi connectivity index (χ1n) is 3.53. The fourth-order valence-corrected chi connectivity index (χ4v) is 1.62. The summed E-state index contributed by atoms with van der Waals surface area (Å²) in [4.78, 5) is 0. The van der Waals surface area contributed by atoms with Crippen LogP contribution in [0.3, 0.4) is 0 Å². The van der Waals surface area contributed by atoms with E-state index in [0.29, 0.717) is 12.2 Å². The molecule has 0 aromatic heterocycles. The van der Waals surface area contributed by atoms with Gasteiger partial charge in [-0.25, -0.2) is 0 Å². The van der Waals surface area contributed by atoms with E-state index in [9.17, 15) is 0 Å². The zero-order chi connectivity index (χ0) is 6.27. The van der Waals surface area contributed by atoms with Crippen molar-refractivity contribution in [1.29, 1.82) is 0 Å². The molecule has 2 nitrogen and oxygen atoms in total. The molecule has 0 aromatic carbocycles. The zero-order valence-corrected chi connectivity index (χ0v) is 5.59. The molecule has 1 saturated carbocycles. The van der Waals surface area contributed by atoms with Crippen LogP contribution in [0.5, 0.6) is 0 Å². The van der Waals surface area contributed by atoms with Crippen molar-refractivity contribution in [3.63, 3.8) is 0 Å². The lowest BCUT2D eigenvalue weighted by Crippen LogP contribution is -2.15. The Morgan fingerprint density at radius 2 is 2.44 bits per heavy atom. The highest BCUT2D eigenvalue weighted by molar-refractivity contribution is 5.67. The molecule has 0 aromatic rings. The van der Waals surface area contributed by atoms with Crippen LogP contribution in [0.1, 0.15) is 26.2 Å². The lowest BCUT2D eigenvalue weighted by molar-refractivity contribution is -0.493. The Labute approximate surface area is 54.5 Å². The maximum absolute atomic E-state index is 5.38. The Balaban J connectivity index is 2.13. The molecule has 2 rings (SSSR count). The molecule has 0 bridgehead atoms. The number of esters is 1. The molecule has 9 heavy (non-hydrogen) atoms. The second kappa shape index (κ2) is 1.72. The van der Waals surface area contributed by atoms with E-state index in [1.807, 2.05) is 6.92 Å². The Hall–Kier alpha value is -0.530. The van der Waals surface area contributed by atoms with Crippen molar-refractivity contribution in [3.05, 3.63) is 0 Å². The van der Waals surface area contributed by atoms with Crippen LogP contribution in [0.25, 0.3) is 0 Å². The lowest BCUT2D eigenvalue weighted by Gasteiger charge is -1.91. The Bertz CT molecular complexity index is 151. The molecule has 1 aliphatic heterocycles. The van der Waals surface area contributed by atoms with Crippen molar-refractivity contribution < 1.29 is 9.16 Å². The van der Waals surface area contributed by atoms with Crippen LogP contribution in [-0.2, 0) is 9.16 Å². The summed E-state index contributed by atoms with van der Waals surface area (Å²) in [6.07, 6.45) is 4.42.